The molecule has 2 aliphatic rings. The van der Waals surface area contributed by atoms with Gasteiger partial charge in [0.05, 0.1) is 12.1 Å². The first kappa shape index (κ1) is 23.3. The van der Waals surface area contributed by atoms with Crippen molar-refractivity contribution >= 4 is 52.4 Å². The fourth-order valence-electron chi connectivity index (χ4n) is 4.26. The van der Waals surface area contributed by atoms with Gasteiger partial charge in [0.1, 0.15) is 6.04 Å². The molecule has 0 saturated carbocycles. The number of thiophene rings is 1. The third-order valence-electron chi connectivity index (χ3n) is 6.06. The number of rotatable bonds is 5. The smallest absolute Gasteiger partial charge is 0.319 e. The summed E-state index contributed by atoms with van der Waals surface area (Å²) in [6.45, 7) is 6.63. The minimum absolute atomic E-state index is 0.211. The van der Waals surface area contributed by atoms with Gasteiger partial charge >= 0.3 is 6.03 Å². The number of amides is 5. The minimum Gasteiger partial charge on any atom is -0.333 e. The molecule has 0 spiro atoms. The summed E-state index contributed by atoms with van der Waals surface area (Å²) in [5.41, 5.74) is 4.05. The van der Waals surface area contributed by atoms with Crippen molar-refractivity contribution in [2.75, 3.05) is 5.32 Å². The van der Waals surface area contributed by atoms with Gasteiger partial charge in [-0.3, -0.25) is 19.7 Å². The predicted octanol–water partition coefficient (Wildman–Crippen LogP) is 3.92. The molecule has 1 atom stereocenters. The monoisotopic (exact) mass is 488 g/mol. The van der Waals surface area contributed by atoms with E-state index in [0.29, 0.717) is 22.7 Å². The van der Waals surface area contributed by atoms with Crippen molar-refractivity contribution in [3.8, 4) is 0 Å². The van der Waals surface area contributed by atoms with Crippen LogP contribution in [0.15, 0.2) is 17.5 Å². The molecular formula is C23H25ClN4O4S. The molecule has 174 valence electrons. The average Bonchev–Trinajstić information content (AvgIpc) is 3.29. The number of piperidine rings is 1. The lowest BCUT2D eigenvalue weighted by Gasteiger charge is -2.29. The summed E-state index contributed by atoms with van der Waals surface area (Å²) in [5.74, 6) is -0.707. The highest BCUT2D eigenvalue weighted by Gasteiger charge is 2.40. The summed E-state index contributed by atoms with van der Waals surface area (Å²) in [4.78, 5) is 51.3. The molecule has 1 aromatic heterocycles. The normalized spacial score (nSPS) is 17.9. The fraction of sp³-hybridized carbons (Fsp3) is 0.391. The lowest BCUT2D eigenvalue weighted by molar-refractivity contribution is -0.136. The molecule has 5 amide bonds. The summed E-state index contributed by atoms with van der Waals surface area (Å²) in [6, 6.07) is 2.61. The van der Waals surface area contributed by atoms with Crippen molar-refractivity contribution in [2.24, 2.45) is 0 Å². The Morgan fingerprint density at radius 1 is 1.30 bits per heavy atom. The number of hydrogen-bond acceptors (Lipinski definition) is 5. The van der Waals surface area contributed by atoms with Crippen molar-refractivity contribution in [3.05, 3.63) is 49.7 Å². The molecule has 0 unspecified atom stereocenters. The topological polar surface area (TPSA) is 108 Å². The van der Waals surface area contributed by atoms with Crippen LogP contribution in [0.25, 0.3) is 0 Å². The van der Waals surface area contributed by atoms with E-state index in [1.165, 1.54) is 16.2 Å². The van der Waals surface area contributed by atoms with Gasteiger partial charge in [0.25, 0.3) is 5.91 Å². The number of urea groups is 1. The van der Waals surface area contributed by atoms with E-state index >= 15 is 0 Å². The van der Waals surface area contributed by atoms with Gasteiger partial charge in [0.2, 0.25) is 11.8 Å². The van der Waals surface area contributed by atoms with E-state index in [1.807, 2.05) is 13.0 Å². The second kappa shape index (κ2) is 9.15. The Morgan fingerprint density at radius 3 is 2.76 bits per heavy atom. The molecule has 33 heavy (non-hydrogen) atoms. The Hall–Kier alpha value is -2.91. The first-order valence-electron chi connectivity index (χ1n) is 10.7. The molecule has 2 aromatic rings. The molecule has 10 heteroatoms. The second-order valence-electron chi connectivity index (χ2n) is 8.59. The lowest BCUT2D eigenvalue weighted by atomic mass is 9.97. The number of nitrogens with one attached hydrogen (secondary N) is 3. The van der Waals surface area contributed by atoms with Crippen molar-refractivity contribution < 1.29 is 19.2 Å². The molecule has 0 aliphatic carbocycles. The van der Waals surface area contributed by atoms with Crippen LogP contribution in [0.2, 0.25) is 5.02 Å². The molecule has 1 saturated heterocycles. The van der Waals surface area contributed by atoms with Crippen molar-refractivity contribution in [1.29, 1.82) is 0 Å². The Kier molecular flexibility index (Phi) is 6.45. The Bertz CT molecular complexity index is 1160. The maximum atomic E-state index is 12.8. The number of carbonyl (C=O) groups excluding carboxylic acids is 4. The number of anilines is 1. The molecule has 1 aromatic carbocycles. The minimum atomic E-state index is -0.654. The second-order valence-corrected chi connectivity index (χ2v) is 9.96. The number of imide groups is 1. The highest BCUT2D eigenvalue weighted by Crippen LogP contribution is 2.34. The largest absolute Gasteiger partial charge is 0.333 e. The number of halogens is 1. The lowest BCUT2D eigenvalue weighted by Crippen LogP contribution is -2.52. The number of fused-ring (bicyclic) bond motifs is 1. The summed E-state index contributed by atoms with van der Waals surface area (Å²) in [6.07, 6.45) is 0.529. The summed E-state index contributed by atoms with van der Waals surface area (Å²) in [7, 11) is 0. The van der Waals surface area contributed by atoms with Gasteiger partial charge in [-0.2, -0.15) is 0 Å². The molecule has 3 N–H and O–H groups in total. The molecule has 0 radical (unpaired) electrons. The van der Waals surface area contributed by atoms with Crippen LogP contribution < -0.4 is 16.0 Å². The van der Waals surface area contributed by atoms with Gasteiger partial charge in [-0.15, -0.1) is 11.3 Å². The molecule has 4 rings (SSSR count). The maximum absolute atomic E-state index is 12.8. The van der Waals surface area contributed by atoms with Gasteiger partial charge in [-0.25, -0.2) is 4.79 Å². The number of benzene rings is 1. The van der Waals surface area contributed by atoms with Crippen LogP contribution in [0, 0.1) is 6.92 Å². The highest BCUT2D eigenvalue weighted by molar-refractivity contribution is 7.10. The maximum Gasteiger partial charge on any atom is 0.319 e. The quantitative estimate of drug-likeness (QED) is 0.554. The van der Waals surface area contributed by atoms with E-state index in [2.05, 4.69) is 29.8 Å². The SMILES string of the molecule is Cc1c(Cl)cc(NC(=O)NCc2scc3c2CN([C@@H]2CCC(=O)NC2=O)C3=O)cc1C(C)C. The Balaban J connectivity index is 1.40. The van der Waals surface area contributed by atoms with Crippen LogP contribution >= 0.6 is 22.9 Å². The standard InChI is InChI=1S/C23H25ClN4O4S/c1-11(2)14-6-13(7-17(24)12(14)3)26-23(32)25-8-19-15-9-28(22(31)16(15)10-33-19)18-4-5-20(29)27-21(18)30/h6-7,10-11,18H,4-5,8-9H2,1-3H3,(H2,25,26,32)(H,27,29,30)/t18-/m1/s1. The number of carbonyl (C=O) groups is 4. The van der Waals surface area contributed by atoms with Crippen LogP contribution in [-0.2, 0) is 22.7 Å². The van der Waals surface area contributed by atoms with Gasteiger partial charge in [-0.1, -0.05) is 25.4 Å². The first-order valence-corrected chi connectivity index (χ1v) is 12.0. The van der Waals surface area contributed by atoms with Gasteiger partial charge in [0, 0.05) is 33.9 Å². The van der Waals surface area contributed by atoms with Gasteiger partial charge in [-0.05, 0) is 48.1 Å². The fourth-order valence-corrected chi connectivity index (χ4v) is 5.46. The predicted molar refractivity (Wildman–Crippen MR) is 127 cm³/mol. The van der Waals surface area contributed by atoms with E-state index in [4.69, 9.17) is 11.6 Å². The summed E-state index contributed by atoms with van der Waals surface area (Å²) < 4.78 is 0. The van der Waals surface area contributed by atoms with Gasteiger partial charge in [0.15, 0.2) is 0 Å². The van der Waals surface area contributed by atoms with Crippen molar-refractivity contribution in [3.63, 3.8) is 0 Å². The van der Waals surface area contributed by atoms with Crippen LogP contribution in [0.5, 0.6) is 0 Å². The van der Waals surface area contributed by atoms with Gasteiger partial charge < -0.3 is 15.5 Å². The van der Waals surface area contributed by atoms with Crippen molar-refractivity contribution in [2.45, 2.75) is 58.7 Å². The third kappa shape index (κ3) is 4.60. The van der Waals surface area contributed by atoms with Crippen molar-refractivity contribution in [1.82, 2.24) is 15.5 Å². The molecule has 0 bridgehead atoms. The Labute approximate surface area is 200 Å². The molecule has 3 heterocycles. The van der Waals surface area contributed by atoms with E-state index < -0.39 is 11.9 Å². The third-order valence-corrected chi connectivity index (χ3v) is 7.48. The molecule has 1 fully saturated rings. The average molecular weight is 489 g/mol. The number of hydrogen-bond donors (Lipinski definition) is 3. The van der Waals surface area contributed by atoms with Crippen LogP contribution in [0.4, 0.5) is 10.5 Å². The van der Waals surface area contributed by atoms with E-state index in [9.17, 15) is 19.2 Å². The first-order chi connectivity index (χ1) is 15.7. The molecule has 2 aliphatic heterocycles. The van der Waals surface area contributed by atoms with E-state index in [0.717, 1.165) is 21.6 Å². The zero-order valence-electron chi connectivity index (χ0n) is 18.6. The molecular weight excluding hydrogens is 464 g/mol. The zero-order chi connectivity index (χ0) is 23.9. The Morgan fingerprint density at radius 2 is 2.06 bits per heavy atom. The van der Waals surface area contributed by atoms with Crippen LogP contribution in [0.3, 0.4) is 0 Å². The van der Waals surface area contributed by atoms with E-state index in [-0.39, 0.29) is 43.3 Å². The molecule has 8 nitrogen and oxygen atoms in total. The highest BCUT2D eigenvalue weighted by atomic mass is 35.5. The van der Waals surface area contributed by atoms with Crippen LogP contribution in [0.1, 0.15) is 64.5 Å². The summed E-state index contributed by atoms with van der Waals surface area (Å²) >= 11 is 7.72. The number of nitrogens with zero attached hydrogens (tertiary/aromatic N) is 1. The van der Waals surface area contributed by atoms with Crippen LogP contribution in [-0.4, -0.2) is 34.7 Å². The summed E-state index contributed by atoms with van der Waals surface area (Å²) in [5, 5.41) is 10.3. The zero-order valence-corrected chi connectivity index (χ0v) is 20.2. The van der Waals surface area contributed by atoms with E-state index in [1.54, 1.807) is 11.4 Å².